The van der Waals surface area contributed by atoms with E-state index in [1.165, 1.54) is 12.1 Å². The van der Waals surface area contributed by atoms with Crippen LogP contribution in [0.1, 0.15) is 11.1 Å². The van der Waals surface area contributed by atoms with Gasteiger partial charge < -0.3 is 4.74 Å². The number of hydrogen-bond acceptors (Lipinski definition) is 1. The molecule has 0 fully saturated rings. The second kappa shape index (κ2) is 6.35. The molecule has 0 bridgehead atoms. The maximum Gasteiger partial charge on any atom is 0.165 e. The fourth-order valence-electron chi connectivity index (χ4n) is 1.61. The van der Waals surface area contributed by atoms with Crippen LogP contribution >= 0.6 is 27.5 Å². The van der Waals surface area contributed by atoms with Crippen LogP contribution in [-0.4, -0.2) is 0 Å². The van der Waals surface area contributed by atoms with Crippen LogP contribution in [0.15, 0.2) is 40.9 Å². The molecule has 19 heavy (non-hydrogen) atoms. The van der Waals surface area contributed by atoms with E-state index < -0.39 is 5.82 Å². The third-order valence-corrected chi connectivity index (χ3v) is 3.46. The van der Waals surface area contributed by atoms with Crippen LogP contribution in [-0.2, 0) is 12.5 Å². The van der Waals surface area contributed by atoms with Gasteiger partial charge in [0.15, 0.2) is 11.6 Å². The zero-order valence-electron chi connectivity index (χ0n) is 9.80. The lowest BCUT2D eigenvalue weighted by molar-refractivity contribution is 0.287. The first-order valence-corrected chi connectivity index (χ1v) is 6.84. The van der Waals surface area contributed by atoms with Gasteiger partial charge in [-0.1, -0.05) is 18.2 Å². The summed E-state index contributed by atoms with van der Waals surface area (Å²) in [5.74, 6) is -0.506. The Kier molecular flexibility index (Phi) is 4.77. The topological polar surface area (TPSA) is 9.23 Å². The Morgan fingerprint density at radius 1 is 1.11 bits per heavy atom. The zero-order valence-corrected chi connectivity index (χ0v) is 12.1. The van der Waals surface area contributed by atoms with E-state index in [4.69, 9.17) is 16.3 Å². The van der Waals surface area contributed by atoms with E-state index in [1.54, 1.807) is 24.3 Å². The summed E-state index contributed by atoms with van der Waals surface area (Å²) in [5, 5.41) is 0. The van der Waals surface area contributed by atoms with Crippen molar-refractivity contribution in [2.24, 2.45) is 0 Å². The molecule has 0 saturated heterocycles. The fraction of sp³-hybridized carbons (Fsp3) is 0.143. The lowest BCUT2D eigenvalue weighted by Crippen LogP contribution is -2.00. The van der Waals surface area contributed by atoms with Crippen LogP contribution in [0.25, 0.3) is 0 Å². The second-order valence-electron chi connectivity index (χ2n) is 3.90. The van der Waals surface area contributed by atoms with Gasteiger partial charge in [-0.15, -0.1) is 11.6 Å². The van der Waals surface area contributed by atoms with E-state index in [2.05, 4.69) is 15.9 Å². The van der Waals surface area contributed by atoms with Gasteiger partial charge in [0.05, 0.1) is 10.4 Å². The molecule has 0 amide bonds. The first-order valence-electron chi connectivity index (χ1n) is 5.52. The van der Waals surface area contributed by atoms with Crippen LogP contribution < -0.4 is 4.74 Å². The summed E-state index contributed by atoms with van der Waals surface area (Å²) in [4.78, 5) is 0. The summed E-state index contributed by atoms with van der Waals surface area (Å²) in [6.45, 7) is 0.143. The normalized spacial score (nSPS) is 10.5. The molecule has 0 spiro atoms. The van der Waals surface area contributed by atoms with Gasteiger partial charge in [-0.3, -0.25) is 0 Å². The molecule has 5 heteroatoms. The highest BCUT2D eigenvalue weighted by Crippen LogP contribution is 2.26. The highest BCUT2D eigenvalue weighted by Gasteiger charge is 2.09. The van der Waals surface area contributed by atoms with Crippen molar-refractivity contribution < 1.29 is 13.5 Å². The third kappa shape index (κ3) is 3.45. The highest BCUT2D eigenvalue weighted by atomic mass is 79.9. The Hall–Kier alpha value is -1.13. The Balaban J connectivity index is 2.16. The standard InChI is InChI=1S/C14H10BrClF2O/c15-11-6-9(4-5-12(11)17)8-19-14-10(7-16)2-1-3-13(14)18/h1-6H,7-8H2. The first kappa shape index (κ1) is 14.3. The van der Waals surface area contributed by atoms with Gasteiger partial charge in [-0.2, -0.15) is 0 Å². The lowest BCUT2D eigenvalue weighted by atomic mass is 10.2. The lowest BCUT2D eigenvalue weighted by Gasteiger charge is -2.11. The Morgan fingerprint density at radius 2 is 1.89 bits per heavy atom. The van der Waals surface area contributed by atoms with Crippen molar-refractivity contribution in [3.05, 3.63) is 63.6 Å². The SMILES string of the molecule is Fc1ccc(COc2c(F)cccc2CCl)cc1Br. The fourth-order valence-corrected chi connectivity index (χ4v) is 2.24. The number of rotatable bonds is 4. The minimum absolute atomic E-state index is 0.137. The number of ether oxygens (including phenoxy) is 1. The van der Waals surface area contributed by atoms with Crippen molar-refractivity contribution in [2.75, 3.05) is 0 Å². The van der Waals surface area contributed by atoms with Crippen molar-refractivity contribution >= 4 is 27.5 Å². The van der Waals surface area contributed by atoms with Crippen LogP contribution in [0, 0.1) is 11.6 Å². The van der Waals surface area contributed by atoms with Gasteiger partial charge in [0, 0.05) is 5.56 Å². The maximum atomic E-state index is 13.6. The predicted octanol–water partition coefficient (Wildman–Crippen LogP) is 5.05. The molecule has 2 aromatic rings. The van der Waals surface area contributed by atoms with Gasteiger partial charge in [0.2, 0.25) is 0 Å². The number of alkyl halides is 1. The monoisotopic (exact) mass is 346 g/mol. The van der Waals surface area contributed by atoms with Crippen LogP contribution in [0.2, 0.25) is 0 Å². The highest BCUT2D eigenvalue weighted by molar-refractivity contribution is 9.10. The van der Waals surface area contributed by atoms with Crippen molar-refractivity contribution in [1.29, 1.82) is 0 Å². The van der Waals surface area contributed by atoms with Crippen molar-refractivity contribution in [1.82, 2.24) is 0 Å². The molecule has 0 atom stereocenters. The van der Waals surface area contributed by atoms with Gasteiger partial charge in [-0.05, 0) is 39.7 Å². The molecule has 0 aliphatic carbocycles. The molecule has 0 aliphatic rings. The largest absolute Gasteiger partial charge is 0.485 e. The van der Waals surface area contributed by atoms with Gasteiger partial charge in [-0.25, -0.2) is 8.78 Å². The van der Waals surface area contributed by atoms with Crippen LogP contribution in [0.4, 0.5) is 8.78 Å². The average Bonchev–Trinajstić information content (AvgIpc) is 2.41. The summed E-state index contributed by atoms with van der Waals surface area (Å²) in [7, 11) is 0. The first-order chi connectivity index (χ1) is 9.11. The van der Waals surface area contributed by atoms with Gasteiger partial charge >= 0.3 is 0 Å². The van der Waals surface area contributed by atoms with E-state index in [1.807, 2.05) is 0 Å². The summed E-state index contributed by atoms with van der Waals surface area (Å²) in [6, 6.07) is 9.09. The van der Waals surface area contributed by atoms with Gasteiger partial charge in [0.1, 0.15) is 12.4 Å². The van der Waals surface area contributed by atoms with Crippen LogP contribution in [0.3, 0.4) is 0 Å². The molecular weight excluding hydrogens is 338 g/mol. The summed E-state index contributed by atoms with van der Waals surface area (Å²) < 4.78 is 32.5. The smallest absolute Gasteiger partial charge is 0.165 e. The summed E-state index contributed by atoms with van der Waals surface area (Å²) >= 11 is 8.82. The van der Waals surface area contributed by atoms with E-state index in [-0.39, 0.29) is 24.1 Å². The molecule has 0 N–H and O–H groups in total. The number of halogens is 4. The molecule has 0 radical (unpaired) electrons. The molecule has 2 rings (SSSR count). The molecule has 0 saturated carbocycles. The molecular formula is C14H10BrClF2O. The van der Waals surface area contributed by atoms with E-state index in [0.29, 0.717) is 10.0 Å². The minimum atomic E-state index is -0.459. The quantitative estimate of drug-likeness (QED) is 0.704. The summed E-state index contributed by atoms with van der Waals surface area (Å²) in [5.41, 5.74) is 1.32. The number of hydrogen-bond donors (Lipinski definition) is 0. The van der Waals surface area contributed by atoms with Gasteiger partial charge in [0.25, 0.3) is 0 Å². The molecule has 2 aromatic carbocycles. The number of benzene rings is 2. The third-order valence-electron chi connectivity index (χ3n) is 2.56. The van der Waals surface area contributed by atoms with E-state index >= 15 is 0 Å². The zero-order chi connectivity index (χ0) is 13.8. The average molecular weight is 348 g/mol. The number of para-hydroxylation sites is 1. The minimum Gasteiger partial charge on any atom is -0.485 e. The Labute approximate surface area is 123 Å². The predicted molar refractivity (Wildman–Crippen MR) is 74.4 cm³/mol. The van der Waals surface area contributed by atoms with Crippen LogP contribution in [0.5, 0.6) is 5.75 Å². The molecule has 1 nitrogen and oxygen atoms in total. The molecule has 0 unspecified atom stereocenters. The van der Waals surface area contributed by atoms with Crippen molar-refractivity contribution in [2.45, 2.75) is 12.5 Å². The maximum absolute atomic E-state index is 13.6. The molecule has 0 aromatic heterocycles. The molecule has 0 heterocycles. The van der Waals surface area contributed by atoms with E-state index in [9.17, 15) is 8.78 Å². The Morgan fingerprint density at radius 3 is 2.58 bits per heavy atom. The van der Waals surface area contributed by atoms with E-state index in [0.717, 1.165) is 5.56 Å². The van der Waals surface area contributed by atoms with Crippen molar-refractivity contribution in [3.63, 3.8) is 0 Å². The molecule has 100 valence electrons. The Bertz CT molecular complexity index is 590. The molecule has 0 aliphatic heterocycles. The van der Waals surface area contributed by atoms with Crippen molar-refractivity contribution in [3.8, 4) is 5.75 Å². The second-order valence-corrected chi connectivity index (χ2v) is 5.02. The summed E-state index contributed by atoms with van der Waals surface area (Å²) in [6.07, 6.45) is 0.